The summed E-state index contributed by atoms with van der Waals surface area (Å²) in [4.78, 5) is 3.24. The van der Waals surface area contributed by atoms with E-state index in [2.05, 4.69) is 4.85 Å². The summed E-state index contributed by atoms with van der Waals surface area (Å²) >= 11 is 0. The van der Waals surface area contributed by atoms with Crippen molar-refractivity contribution in [2.45, 2.75) is 36.4 Å². The van der Waals surface area contributed by atoms with E-state index >= 15 is 0 Å². The Morgan fingerprint density at radius 1 is 0.737 bits per heavy atom. The average Bonchev–Trinajstić information content (AvgIpc) is 3.43. The van der Waals surface area contributed by atoms with E-state index in [1.165, 1.54) is 0 Å². The lowest BCUT2D eigenvalue weighted by Crippen LogP contribution is -2.41. The topological polar surface area (TPSA) is 94.2 Å². The molecule has 0 bridgehead atoms. The average molecular weight is 524 g/mol. The Labute approximate surface area is 210 Å². The lowest BCUT2D eigenvalue weighted by atomic mass is 9.66. The zero-order valence-electron chi connectivity index (χ0n) is 18.6. The van der Waals surface area contributed by atoms with Crippen molar-refractivity contribution in [1.82, 2.24) is 0 Å². The van der Waals surface area contributed by atoms with Gasteiger partial charge >= 0.3 is 12.4 Å². The lowest BCUT2D eigenvalue weighted by Gasteiger charge is -2.38. The molecule has 0 radical (unpaired) electrons. The zero-order valence-corrected chi connectivity index (χ0v) is 18.6. The first-order chi connectivity index (χ1) is 17.9. The number of halogens is 6. The molecule has 1 saturated carbocycles. The highest BCUT2D eigenvalue weighted by molar-refractivity contribution is 5.65. The van der Waals surface area contributed by atoms with E-state index in [-0.39, 0.29) is 33.8 Å². The second kappa shape index (κ2) is 8.30. The summed E-state index contributed by atoms with van der Waals surface area (Å²) in [7, 11) is 0. The molecule has 2 aromatic carbocycles. The molecule has 2 aliphatic heterocycles. The maximum atomic E-state index is 13.4. The molecule has 5 rings (SSSR count). The monoisotopic (exact) mass is 524 g/mol. The second-order valence-corrected chi connectivity index (χ2v) is 8.61. The molecule has 6 nitrogen and oxygen atoms in total. The summed E-state index contributed by atoms with van der Waals surface area (Å²) in [5, 5.41) is 29.2. The third-order valence-corrected chi connectivity index (χ3v) is 6.75. The molecule has 0 aromatic heterocycles. The van der Waals surface area contributed by atoms with Gasteiger partial charge in [0.1, 0.15) is 41.4 Å². The molecule has 0 spiro atoms. The van der Waals surface area contributed by atoms with Gasteiger partial charge in [-0.05, 0) is 29.8 Å². The van der Waals surface area contributed by atoms with Crippen molar-refractivity contribution < 1.29 is 35.8 Å². The van der Waals surface area contributed by atoms with Gasteiger partial charge in [-0.1, -0.05) is 12.1 Å². The standard InChI is InChI=1S/C26H10F6N4O2/c1-36-16(10-35)22-21-15-5-3-13(26(30,31)32)7-18(15)37-23(21)19(11(8-33)9-34)20-14-4-2-12(25(27,28)29)6-17(14)38-24(20)22/h2-7,20-21,23-24H/b22-16+. The van der Waals surface area contributed by atoms with Crippen LogP contribution in [0.25, 0.3) is 4.85 Å². The number of nitriles is 3. The normalized spacial score (nSPS) is 24.1. The Bertz CT molecular complexity index is 1470. The molecular weight excluding hydrogens is 514 g/mol. The van der Waals surface area contributed by atoms with Crippen molar-refractivity contribution in [2.24, 2.45) is 0 Å². The van der Waals surface area contributed by atoms with E-state index in [1.807, 2.05) is 0 Å². The Balaban J connectivity index is 1.80. The van der Waals surface area contributed by atoms with E-state index in [9.17, 15) is 42.1 Å². The highest BCUT2D eigenvalue weighted by Gasteiger charge is 2.57. The minimum atomic E-state index is -4.71. The van der Waals surface area contributed by atoms with Crippen molar-refractivity contribution in [2.75, 3.05) is 0 Å². The van der Waals surface area contributed by atoms with Crippen molar-refractivity contribution in [3.05, 3.63) is 92.5 Å². The van der Waals surface area contributed by atoms with Gasteiger partial charge in [-0.2, -0.15) is 36.9 Å². The fourth-order valence-electron chi connectivity index (χ4n) is 5.26. The summed E-state index contributed by atoms with van der Waals surface area (Å²) in [6, 6.07) is 10.5. The molecule has 0 amide bonds. The van der Waals surface area contributed by atoms with Gasteiger partial charge in [-0.15, -0.1) is 0 Å². The zero-order chi connectivity index (χ0) is 27.6. The van der Waals surface area contributed by atoms with Gasteiger partial charge in [0.15, 0.2) is 0 Å². The van der Waals surface area contributed by atoms with Crippen molar-refractivity contribution in [3.8, 4) is 29.7 Å². The number of nitrogens with zero attached hydrogens (tertiary/aromatic N) is 4. The van der Waals surface area contributed by atoms with Crippen LogP contribution in [0.3, 0.4) is 0 Å². The molecule has 4 atom stereocenters. The van der Waals surface area contributed by atoms with E-state index in [4.69, 9.17) is 16.0 Å². The van der Waals surface area contributed by atoms with Crippen LogP contribution in [0.5, 0.6) is 11.5 Å². The van der Waals surface area contributed by atoms with Crippen LogP contribution < -0.4 is 9.47 Å². The molecule has 0 saturated heterocycles. The Morgan fingerprint density at radius 3 is 1.58 bits per heavy atom. The number of allylic oxidation sites excluding steroid dienone is 2. The number of alkyl halides is 6. The number of fused-ring (bicyclic) bond motifs is 6. The van der Waals surface area contributed by atoms with Crippen LogP contribution in [0.15, 0.2) is 58.8 Å². The fraction of sp³-hybridized carbons (Fsp3) is 0.231. The van der Waals surface area contributed by atoms with Crippen LogP contribution in [-0.4, -0.2) is 12.2 Å². The van der Waals surface area contributed by atoms with Crippen LogP contribution in [-0.2, 0) is 12.4 Å². The highest BCUT2D eigenvalue weighted by atomic mass is 19.4. The number of hydrogen-bond donors (Lipinski definition) is 0. The summed E-state index contributed by atoms with van der Waals surface area (Å²) in [6.07, 6.45) is -12.0. The van der Waals surface area contributed by atoms with Crippen LogP contribution >= 0.6 is 0 Å². The second-order valence-electron chi connectivity index (χ2n) is 8.61. The van der Waals surface area contributed by atoms with E-state index < -0.39 is 58.8 Å². The Hall–Kier alpha value is -4.94. The third kappa shape index (κ3) is 3.54. The highest BCUT2D eigenvalue weighted by Crippen LogP contribution is 2.60. The molecular formula is C26H10F6N4O2. The molecule has 0 N–H and O–H groups in total. The first-order valence-corrected chi connectivity index (χ1v) is 10.8. The molecule has 4 unspecified atom stereocenters. The summed E-state index contributed by atoms with van der Waals surface area (Å²) in [5.74, 6) is -2.68. The first kappa shape index (κ1) is 24.7. The van der Waals surface area contributed by atoms with Gasteiger partial charge in [0.05, 0.1) is 29.7 Å². The SMILES string of the molecule is [C-]#[N+]/C(C#N)=C1/C2Oc3cc(C(F)(F)F)ccc3C2C(=C(C#N)C#N)C2Oc3cc(C(F)(F)F)ccc3C12. The van der Waals surface area contributed by atoms with Crippen molar-refractivity contribution >= 4 is 0 Å². The van der Waals surface area contributed by atoms with E-state index in [0.29, 0.717) is 0 Å². The predicted molar refractivity (Wildman–Crippen MR) is 115 cm³/mol. The molecule has 1 fully saturated rings. The van der Waals surface area contributed by atoms with Crippen molar-refractivity contribution in [3.63, 3.8) is 0 Å². The van der Waals surface area contributed by atoms with Crippen molar-refractivity contribution in [1.29, 1.82) is 15.8 Å². The predicted octanol–water partition coefficient (Wildman–Crippen LogP) is 6.17. The first-order valence-electron chi connectivity index (χ1n) is 10.8. The summed E-state index contributed by atoms with van der Waals surface area (Å²) in [6.45, 7) is 7.52. The lowest BCUT2D eigenvalue weighted by molar-refractivity contribution is -0.138. The minimum Gasteiger partial charge on any atom is -0.486 e. The minimum absolute atomic E-state index is 0.0141. The third-order valence-electron chi connectivity index (χ3n) is 6.75. The van der Waals surface area contributed by atoms with Crippen LogP contribution in [0.1, 0.15) is 34.1 Å². The Kier molecular flexibility index (Phi) is 5.40. The largest absolute Gasteiger partial charge is 0.486 e. The smallest absolute Gasteiger partial charge is 0.416 e. The van der Waals surface area contributed by atoms with Gasteiger partial charge < -0.3 is 9.47 Å². The molecule has 1 aliphatic carbocycles. The number of rotatable bonds is 0. The molecule has 38 heavy (non-hydrogen) atoms. The molecule has 2 heterocycles. The maximum absolute atomic E-state index is 13.4. The van der Waals surface area contributed by atoms with Crippen LogP contribution in [0.4, 0.5) is 26.3 Å². The van der Waals surface area contributed by atoms with E-state index in [0.717, 1.165) is 36.4 Å². The summed E-state index contributed by atoms with van der Waals surface area (Å²) < 4.78 is 92.0. The van der Waals surface area contributed by atoms with Gasteiger partial charge in [0.2, 0.25) is 0 Å². The molecule has 12 heteroatoms. The van der Waals surface area contributed by atoms with Crippen LogP contribution in [0.2, 0.25) is 0 Å². The quantitative estimate of drug-likeness (QED) is 0.234. The molecule has 188 valence electrons. The number of hydrogen-bond acceptors (Lipinski definition) is 5. The maximum Gasteiger partial charge on any atom is 0.416 e. The molecule has 2 aromatic rings. The number of ether oxygens (including phenoxy) is 2. The fourth-order valence-corrected chi connectivity index (χ4v) is 5.26. The Morgan fingerprint density at radius 2 is 1.18 bits per heavy atom. The number of benzene rings is 2. The van der Waals surface area contributed by atoms with Crippen LogP contribution in [0, 0.1) is 40.6 Å². The van der Waals surface area contributed by atoms with Gasteiger partial charge in [-0.3, -0.25) is 0 Å². The van der Waals surface area contributed by atoms with Gasteiger partial charge in [0.25, 0.3) is 5.70 Å². The van der Waals surface area contributed by atoms with E-state index in [1.54, 1.807) is 18.2 Å². The van der Waals surface area contributed by atoms with Gasteiger partial charge in [-0.25, -0.2) is 10.1 Å². The summed E-state index contributed by atoms with van der Waals surface area (Å²) in [5.41, 5.74) is -2.73. The molecule has 3 aliphatic rings. The van der Waals surface area contributed by atoms with Gasteiger partial charge in [0, 0.05) is 22.6 Å².